The van der Waals surface area contributed by atoms with Crippen molar-refractivity contribution in [3.05, 3.63) is 71.3 Å². The molecular weight excluding hydrogens is 999 g/mol. The lowest BCUT2D eigenvalue weighted by Gasteiger charge is -2.26. The van der Waals surface area contributed by atoms with E-state index in [0.29, 0.717) is 43.0 Å². The van der Waals surface area contributed by atoms with Gasteiger partial charge in [0.2, 0.25) is 23.6 Å². The summed E-state index contributed by atoms with van der Waals surface area (Å²) < 4.78 is 5.61. The molecule has 0 spiro atoms. The molecule has 7 N–H and O–H groups in total. The summed E-state index contributed by atoms with van der Waals surface area (Å²) in [6.45, 7) is 18.6. The summed E-state index contributed by atoms with van der Waals surface area (Å²) in [5, 5.41) is 28.0. The van der Waals surface area contributed by atoms with Gasteiger partial charge in [-0.25, -0.2) is 4.79 Å². The van der Waals surface area contributed by atoms with E-state index in [-0.39, 0.29) is 92.4 Å². The largest absolute Gasteiger partial charge is 0.396 e. The molecule has 0 bridgehead atoms. The topological polar surface area (TPSA) is 241 Å². The molecule has 2 saturated heterocycles. The number of hydrogen-bond acceptors (Lipinski definition) is 12. The Labute approximate surface area is 462 Å². The standard InChI is InChI=1S/C59H91N7O10S/c1-9-66(10-2)29-17-16-20-47(51(70)36-45(37-67)55(72)61-28-31-76-30-27-60-53(71)22-15-14-21-52-54-48(38-77-52)64-58(75)65-54)63-57(74)43(32-39(3)4)34-49(68)40(5)62-56(73)44(33-41-18-12-11-13-19-41)35-50(69)42-23-25-46(26-24-42)59(6,7)8/h11-13,18-19,23-26,39-40,43-45,47-48,52,54,67H,9-10,14-17,20-22,27-38H2,1-8H3,(H,60,71)(H,61,72)(H,62,73)(H,63,74)(H2,64,65,75)/t40-,43+,44+,45-,47-,48-,52-,54-/m0/s1. The van der Waals surface area contributed by atoms with Gasteiger partial charge < -0.3 is 46.6 Å². The monoisotopic (exact) mass is 1090 g/mol. The highest BCUT2D eigenvalue weighted by Crippen LogP contribution is 2.33. The van der Waals surface area contributed by atoms with Gasteiger partial charge >= 0.3 is 6.03 Å². The molecule has 0 aliphatic carbocycles. The number of amides is 6. The second kappa shape index (κ2) is 33.3. The number of ether oxygens (including phenoxy) is 1. The van der Waals surface area contributed by atoms with E-state index in [4.69, 9.17) is 4.74 Å². The molecule has 2 aliphatic rings. The van der Waals surface area contributed by atoms with E-state index in [1.165, 1.54) is 0 Å². The molecule has 2 heterocycles. The zero-order chi connectivity index (χ0) is 56.5. The molecule has 18 heteroatoms. The number of Topliss-reactive ketones (excluding diaryl/α,β-unsaturated/α-hetero) is 3. The van der Waals surface area contributed by atoms with Crippen molar-refractivity contribution in [2.75, 3.05) is 58.3 Å². The maximum absolute atomic E-state index is 14.2. The molecule has 0 radical (unpaired) electrons. The lowest BCUT2D eigenvalue weighted by molar-refractivity contribution is -0.135. The first-order chi connectivity index (χ1) is 36.7. The van der Waals surface area contributed by atoms with Crippen molar-refractivity contribution in [1.82, 2.24) is 36.8 Å². The van der Waals surface area contributed by atoms with E-state index >= 15 is 0 Å². The van der Waals surface area contributed by atoms with E-state index in [2.05, 4.69) is 71.4 Å². The number of nitrogens with zero attached hydrogens (tertiary/aromatic N) is 1. The third-order valence-electron chi connectivity index (χ3n) is 14.7. The third kappa shape index (κ3) is 22.6. The van der Waals surface area contributed by atoms with E-state index in [1.807, 2.05) is 68.1 Å². The summed E-state index contributed by atoms with van der Waals surface area (Å²) in [7, 11) is 0. The third-order valence-corrected chi connectivity index (χ3v) is 16.2. The molecule has 6 amide bonds. The molecule has 17 nitrogen and oxygen atoms in total. The van der Waals surface area contributed by atoms with Gasteiger partial charge in [0, 0.05) is 67.2 Å². The molecule has 77 heavy (non-hydrogen) atoms. The summed E-state index contributed by atoms with van der Waals surface area (Å²) in [6, 6.07) is 15.1. The molecule has 0 saturated carbocycles. The number of carbonyl (C=O) groups is 8. The van der Waals surface area contributed by atoms with Crippen LogP contribution >= 0.6 is 11.8 Å². The van der Waals surface area contributed by atoms with Gasteiger partial charge in [0.05, 0.1) is 49.9 Å². The average molecular weight is 1090 g/mol. The van der Waals surface area contributed by atoms with Crippen LogP contribution in [0.25, 0.3) is 0 Å². The smallest absolute Gasteiger partial charge is 0.315 e. The van der Waals surface area contributed by atoms with Crippen LogP contribution in [-0.4, -0.2) is 145 Å². The lowest BCUT2D eigenvalue weighted by atomic mass is 9.85. The van der Waals surface area contributed by atoms with E-state index < -0.39 is 59.9 Å². The minimum Gasteiger partial charge on any atom is -0.396 e. The van der Waals surface area contributed by atoms with Crippen molar-refractivity contribution in [1.29, 1.82) is 0 Å². The van der Waals surface area contributed by atoms with E-state index in [1.54, 1.807) is 19.1 Å². The number of aliphatic hydroxyl groups is 1. The van der Waals surface area contributed by atoms with E-state index in [0.717, 1.165) is 62.2 Å². The van der Waals surface area contributed by atoms with Crippen molar-refractivity contribution in [2.24, 2.45) is 23.7 Å². The summed E-state index contributed by atoms with van der Waals surface area (Å²) in [5.41, 5.74) is 2.36. The van der Waals surface area contributed by atoms with Gasteiger partial charge in [-0.1, -0.05) is 109 Å². The fourth-order valence-electron chi connectivity index (χ4n) is 9.91. The second-order valence-electron chi connectivity index (χ2n) is 22.3. The molecule has 428 valence electrons. The SMILES string of the molecule is CCN(CC)CCCC[C@H](NC(=O)[C@@H](CC(=O)[C@H](C)NC(=O)[C@@H](CC(=O)c1ccc(C(C)(C)C)cc1)Cc1ccccc1)CC(C)C)C(=O)C[C@@H](CO)C(=O)NCCOCCNC(=O)CCCC[C@@H]1SC[C@@H]2NC(=O)N[C@@H]21. The molecule has 2 fully saturated rings. The van der Waals surface area contributed by atoms with Crippen LogP contribution in [0.5, 0.6) is 0 Å². The Hall–Kier alpha value is -5.17. The first-order valence-electron chi connectivity index (χ1n) is 28.2. The van der Waals surface area contributed by atoms with Crippen LogP contribution < -0.4 is 31.9 Å². The molecule has 2 aliphatic heterocycles. The quantitative estimate of drug-likeness (QED) is 0.0232. The number of unbranched alkanes of at least 4 members (excludes halogenated alkanes) is 2. The van der Waals surface area contributed by atoms with Gasteiger partial charge in [0.1, 0.15) is 0 Å². The zero-order valence-electron chi connectivity index (χ0n) is 47.2. The number of fused-ring (bicyclic) bond motifs is 1. The normalized spacial score (nSPS) is 18.1. The van der Waals surface area contributed by atoms with Crippen molar-refractivity contribution in [2.45, 2.75) is 167 Å². The van der Waals surface area contributed by atoms with Gasteiger partial charge in [0.25, 0.3) is 0 Å². The van der Waals surface area contributed by atoms with Gasteiger partial charge in [-0.15, -0.1) is 0 Å². The number of thioether (sulfide) groups is 1. The molecule has 4 rings (SSSR count). The van der Waals surface area contributed by atoms with Gasteiger partial charge in [-0.05, 0) is 94.0 Å². The predicted octanol–water partition coefficient (Wildman–Crippen LogP) is 6.08. The predicted molar refractivity (Wildman–Crippen MR) is 302 cm³/mol. The molecule has 0 unspecified atom stereocenters. The molecule has 8 atom stereocenters. The van der Waals surface area contributed by atoms with Crippen LogP contribution in [0.3, 0.4) is 0 Å². The Bertz CT molecular complexity index is 2200. The molecule has 0 aromatic heterocycles. The highest BCUT2D eigenvalue weighted by molar-refractivity contribution is 8.00. The Morgan fingerprint density at radius 2 is 1.43 bits per heavy atom. The first-order valence-corrected chi connectivity index (χ1v) is 29.2. The second-order valence-corrected chi connectivity index (χ2v) is 23.6. The zero-order valence-corrected chi connectivity index (χ0v) is 48.0. The molecular formula is C59H91N7O10S. The average Bonchev–Trinajstić information content (AvgIpc) is 3.96. The maximum Gasteiger partial charge on any atom is 0.315 e. The Morgan fingerprint density at radius 3 is 2.08 bits per heavy atom. The highest BCUT2D eigenvalue weighted by Gasteiger charge is 2.42. The van der Waals surface area contributed by atoms with Crippen LogP contribution in [0.2, 0.25) is 0 Å². The van der Waals surface area contributed by atoms with E-state index in [9.17, 15) is 43.5 Å². The van der Waals surface area contributed by atoms with Crippen molar-refractivity contribution < 1.29 is 48.2 Å². The number of aliphatic hydroxyl groups excluding tert-OH is 1. The number of carbonyl (C=O) groups excluding carboxylic acids is 8. The van der Waals surface area contributed by atoms with Crippen LogP contribution in [-0.2, 0) is 45.3 Å². The number of nitrogens with one attached hydrogen (secondary N) is 6. The van der Waals surface area contributed by atoms with Crippen LogP contribution in [0.4, 0.5) is 4.79 Å². The number of ketones is 3. The maximum atomic E-state index is 14.2. The minimum atomic E-state index is -1.08. The van der Waals surface area contributed by atoms with Crippen LogP contribution in [0, 0.1) is 23.7 Å². The Morgan fingerprint density at radius 1 is 0.766 bits per heavy atom. The highest BCUT2D eigenvalue weighted by atomic mass is 32.2. The fourth-order valence-corrected chi connectivity index (χ4v) is 11.5. The van der Waals surface area contributed by atoms with Gasteiger partial charge in [0.15, 0.2) is 17.3 Å². The summed E-state index contributed by atoms with van der Waals surface area (Å²) in [6.07, 6.45) is 4.64. The van der Waals surface area contributed by atoms with Crippen molar-refractivity contribution in [3.8, 4) is 0 Å². The Kier molecular flexibility index (Phi) is 27.8. The first kappa shape index (κ1) is 64.4. The molecule has 2 aromatic rings. The summed E-state index contributed by atoms with van der Waals surface area (Å²) in [4.78, 5) is 109. The van der Waals surface area contributed by atoms with Crippen LogP contribution in [0.1, 0.15) is 148 Å². The fraction of sp³-hybridized carbons (Fsp3) is 0.661. The summed E-state index contributed by atoms with van der Waals surface area (Å²) in [5.74, 6) is -4.26. The number of benzene rings is 2. The van der Waals surface area contributed by atoms with Crippen molar-refractivity contribution >= 4 is 58.8 Å². The van der Waals surface area contributed by atoms with Gasteiger partial charge in [-0.2, -0.15) is 11.8 Å². The lowest BCUT2D eigenvalue weighted by Crippen LogP contribution is -2.47. The minimum absolute atomic E-state index is 0.00322. The number of rotatable bonds is 37. The molecule has 2 aromatic carbocycles. The number of urea groups is 1. The Balaban J connectivity index is 1.29. The van der Waals surface area contributed by atoms with Crippen LogP contribution in [0.15, 0.2) is 54.6 Å². The number of hydrogen-bond donors (Lipinski definition) is 7. The summed E-state index contributed by atoms with van der Waals surface area (Å²) >= 11 is 1.85. The van der Waals surface area contributed by atoms with Crippen molar-refractivity contribution in [3.63, 3.8) is 0 Å². The van der Waals surface area contributed by atoms with Gasteiger partial charge in [-0.3, -0.25) is 33.6 Å².